The van der Waals surface area contributed by atoms with Crippen molar-refractivity contribution >= 4 is 13.8 Å². The topological polar surface area (TPSA) is 38.9 Å². The molecular weight excluding hydrogens is 195 g/mol. The highest BCUT2D eigenvalue weighted by molar-refractivity contribution is 6.83. The average Bonchev–Trinajstić information content (AvgIpc) is 2.06. The molecule has 0 unspecified atom stereocenters. The van der Waals surface area contributed by atoms with E-state index >= 15 is 0 Å². The van der Waals surface area contributed by atoms with Gasteiger partial charge in [-0.3, -0.25) is 4.98 Å². The second-order valence-electron chi connectivity index (χ2n) is 4.08. The van der Waals surface area contributed by atoms with E-state index < -0.39 is 13.9 Å². The van der Waals surface area contributed by atoms with Crippen molar-refractivity contribution in [1.82, 2.24) is 4.98 Å². The highest BCUT2D eigenvalue weighted by Crippen LogP contribution is 2.12. The van der Waals surface area contributed by atoms with E-state index in [4.69, 9.17) is 5.73 Å². The van der Waals surface area contributed by atoms with Crippen LogP contribution in [0.15, 0.2) is 12.4 Å². The van der Waals surface area contributed by atoms with Crippen LogP contribution in [0, 0.1) is 17.3 Å². The van der Waals surface area contributed by atoms with Crippen LogP contribution in [0.1, 0.15) is 5.56 Å². The summed E-state index contributed by atoms with van der Waals surface area (Å²) in [6, 6.07) is 0. The Balaban J connectivity index is 3.08. The predicted octanol–water partition coefficient (Wildman–Crippen LogP) is 2.03. The van der Waals surface area contributed by atoms with Gasteiger partial charge in [0, 0.05) is 6.20 Å². The number of anilines is 1. The number of nitrogens with zero attached hydrogens (tertiary/aromatic N) is 1. The monoisotopic (exact) mass is 208 g/mol. The Labute approximate surface area is 84.4 Å². The zero-order valence-corrected chi connectivity index (χ0v) is 9.56. The third-order valence-corrected chi connectivity index (χ3v) is 2.39. The number of hydrogen-bond donors (Lipinski definition) is 1. The van der Waals surface area contributed by atoms with Gasteiger partial charge in [0.15, 0.2) is 5.82 Å². The van der Waals surface area contributed by atoms with Gasteiger partial charge >= 0.3 is 0 Å². The summed E-state index contributed by atoms with van der Waals surface area (Å²) in [5.74, 6) is 2.37. The Kier molecular flexibility index (Phi) is 2.92. The first kappa shape index (κ1) is 10.7. The van der Waals surface area contributed by atoms with Crippen molar-refractivity contribution in [1.29, 1.82) is 0 Å². The van der Waals surface area contributed by atoms with E-state index in [1.807, 2.05) is 0 Å². The minimum atomic E-state index is -1.45. The van der Waals surface area contributed by atoms with Gasteiger partial charge in [-0.1, -0.05) is 25.6 Å². The molecule has 0 spiro atoms. The maximum absolute atomic E-state index is 13.0. The quantitative estimate of drug-likeness (QED) is 0.523. The van der Waals surface area contributed by atoms with E-state index in [-0.39, 0.29) is 5.69 Å². The SMILES string of the molecule is C[Si](C)(C)C#Cc1cncc(F)c1N. The average molecular weight is 208 g/mol. The van der Waals surface area contributed by atoms with Crippen molar-refractivity contribution in [3.05, 3.63) is 23.8 Å². The fourth-order valence-electron chi connectivity index (χ4n) is 0.799. The molecular formula is C10H13FN2Si. The molecule has 1 aromatic rings. The molecule has 1 rings (SSSR count). The van der Waals surface area contributed by atoms with Crippen LogP contribution in [0.3, 0.4) is 0 Å². The Morgan fingerprint density at radius 1 is 1.36 bits per heavy atom. The van der Waals surface area contributed by atoms with Gasteiger partial charge in [-0.2, -0.15) is 0 Å². The molecule has 14 heavy (non-hydrogen) atoms. The fraction of sp³-hybridized carbons (Fsp3) is 0.300. The van der Waals surface area contributed by atoms with Gasteiger partial charge in [0.05, 0.1) is 17.4 Å². The van der Waals surface area contributed by atoms with Gasteiger partial charge in [-0.25, -0.2) is 4.39 Å². The molecule has 0 radical (unpaired) electrons. The summed E-state index contributed by atoms with van der Waals surface area (Å²) in [5.41, 5.74) is 9.19. The summed E-state index contributed by atoms with van der Waals surface area (Å²) in [5, 5.41) is 0. The molecule has 0 atom stereocenters. The molecule has 1 heterocycles. The van der Waals surface area contributed by atoms with Gasteiger partial charge in [0.1, 0.15) is 8.07 Å². The lowest BCUT2D eigenvalue weighted by molar-refractivity contribution is 0.626. The molecule has 0 bridgehead atoms. The summed E-state index contributed by atoms with van der Waals surface area (Å²) < 4.78 is 13.0. The molecule has 0 saturated carbocycles. The number of rotatable bonds is 0. The largest absolute Gasteiger partial charge is 0.395 e. The lowest BCUT2D eigenvalue weighted by Crippen LogP contribution is -2.16. The van der Waals surface area contributed by atoms with Crippen molar-refractivity contribution in [3.63, 3.8) is 0 Å². The van der Waals surface area contributed by atoms with Crippen molar-refractivity contribution in [2.24, 2.45) is 0 Å². The number of pyridine rings is 1. The van der Waals surface area contributed by atoms with Crippen LogP contribution in [0.4, 0.5) is 10.1 Å². The van der Waals surface area contributed by atoms with Crippen molar-refractivity contribution in [2.75, 3.05) is 5.73 Å². The molecule has 4 heteroatoms. The smallest absolute Gasteiger partial charge is 0.165 e. The third kappa shape index (κ3) is 2.86. The molecule has 0 aliphatic carbocycles. The number of nitrogen functional groups attached to an aromatic ring is 1. The molecule has 2 N–H and O–H groups in total. The molecule has 2 nitrogen and oxygen atoms in total. The van der Waals surface area contributed by atoms with Crippen LogP contribution in [0.5, 0.6) is 0 Å². The number of halogens is 1. The van der Waals surface area contributed by atoms with Crippen molar-refractivity contribution in [2.45, 2.75) is 19.6 Å². The maximum atomic E-state index is 13.0. The van der Waals surface area contributed by atoms with Crippen molar-refractivity contribution in [3.8, 4) is 11.5 Å². The normalized spacial score (nSPS) is 10.6. The molecule has 74 valence electrons. The first-order valence-electron chi connectivity index (χ1n) is 4.32. The van der Waals surface area contributed by atoms with E-state index in [0.29, 0.717) is 5.56 Å². The Hall–Kier alpha value is -1.34. The number of nitrogens with two attached hydrogens (primary N) is 1. The number of aromatic nitrogens is 1. The zero-order valence-electron chi connectivity index (χ0n) is 8.56. The molecule has 0 fully saturated rings. The Morgan fingerprint density at radius 3 is 2.57 bits per heavy atom. The first-order valence-corrected chi connectivity index (χ1v) is 7.82. The molecule has 0 aliphatic heterocycles. The van der Waals surface area contributed by atoms with Gasteiger partial charge in [-0.05, 0) is 0 Å². The second-order valence-corrected chi connectivity index (χ2v) is 8.83. The molecule has 0 amide bonds. The standard InChI is InChI=1S/C10H13FN2Si/c1-14(2,3)5-4-8-6-13-7-9(11)10(8)12/h6-7H,1-3H3,(H2,12,13). The summed E-state index contributed by atoms with van der Waals surface area (Å²) in [6.07, 6.45) is 2.58. The first-order chi connectivity index (χ1) is 6.40. The molecule has 0 aromatic carbocycles. The summed E-state index contributed by atoms with van der Waals surface area (Å²) in [6.45, 7) is 6.34. The van der Waals surface area contributed by atoms with Gasteiger partial charge in [0.2, 0.25) is 0 Å². The van der Waals surface area contributed by atoms with Crippen LogP contribution in [-0.2, 0) is 0 Å². The summed E-state index contributed by atoms with van der Waals surface area (Å²) in [4.78, 5) is 3.70. The highest BCUT2D eigenvalue weighted by atomic mass is 28.3. The van der Waals surface area contributed by atoms with Crippen molar-refractivity contribution < 1.29 is 4.39 Å². The van der Waals surface area contributed by atoms with Crippen LogP contribution in [0.2, 0.25) is 19.6 Å². The van der Waals surface area contributed by atoms with Crippen LogP contribution in [0.25, 0.3) is 0 Å². The number of hydrogen-bond acceptors (Lipinski definition) is 2. The zero-order chi connectivity index (χ0) is 10.8. The summed E-state index contributed by atoms with van der Waals surface area (Å²) in [7, 11) is -1.45. The van der Waals surface area contributed by atoms with E-state index in [9.17, 15) is 4.39 Å². The van der Waals surface area contributed by atoms with E-state index in [0.717, 1.165) is 6.20 Å². The second kappa shape index (κ2) is 3.80. The van der Waals surface area contributed by atoms with Crippen LogP contribution >= 0.6 is 0 Å². The van der Waals surface area contributed by atoms with E-state index in [2.05, 4.69) is 36.1 Å². The molecule has 0 saturated heterocycles. The predicted molar refractivity (Wildman–Crippen MR) is 58.8 cm³/mol. The maximum Gasteiger partial charge on any atom is 0.165 e. The van der Waals surface area contributed by atoms with E-state index in [1.165, 1.54) is 6.20 Å². The molecule has 0 aliphatic rings. The lowest BCUT2D eigenvalue weighted by Gasteiger charge is -2.04. The van der Waals surface area contributed by atoms with Gasteiger partial charge < -0.3 is 5.73 Å². The van der Waals surface area contributed by atoms with Gasteiger partial charge in [-0.15, -0.1) is 5.54 Å². The van der Waals surface area contributed by atoms with Crippen LogP contribution < -0.4 is 5.73 Å². The minimum absolute atomic E-state index is 0.0887. The summed E-state index contributed by atoms with van der Waals surface area (Å²) >= 11 is 0. The van der Waals surface area contributed by atoms with Gasteiger partial charge in [0.25, 0.3) is 0 Å². The fourth-order valence-corrected chi connectivity index (χ4v) is 1.31. The minimum Gasteiger partial charge on any atom is -0.395 e. The lowest BCUT2D eigenvalue weighted by atomic mass is 10.2. The van der Waals surface area contributed by atoms with Crippen LogP contribution in [-0.4, -0.2) is 13.1 Å². The molecule has 1 aromatic heterocycles. The Morgan fingerprint density at radius 2 is 2.00 bits per heavy atom. The third-order valence-electron chi connectivity index (χ3n) is 1.51. The van der Waals surface area contributed by atoms with E-state index in [1.54, 1.807) is 0 Å². The Bertz CT molecular complexity index is 399. The highest BCUT2D eigenvalue weighted by Gasteiger charge is 2.08.